The zero-order chi connectivity index (χ0) is 22.0. The molecular weight excluding hydrogens is 450 g/mol. The van der Waals surface area contributed by atoms with Gasteiger partial charge in [-0.25, -0.2) is 4.39 Å². The zero-order valence-electron chi connectivity index (χ0n) is 16.1. The van der Waals surface area contributed by atoms with Crippen LogP contribution in [-0.4, -0.2) is 4.57 Å². The maximum Gasteiger partial charge on any atom is 0.125 e. The average Bonchev–Trinajstić information content (AvgIpc) is 2.78. The molecule has 1 heterocycles. The number of nitrogens with zero attached hydrogens (tertiary/aromatic N) is 2. The Morgan fingerprint density at radius 2 is 1.58 bits per heavy atom. The minimum absolute atomic E-state index is 0.338. The van der Waals surface area contributed by atoms with Crippen LogP contribution in [0.2, 0.25) is 10.0 Å². The van der Waals surface area contributed by atoms with E-state index in [0.29, 0.717) is 32.4 Å². The summed E-state index contributed by atoms with van der Waals surface area (Å²) in [5, 5.41) is 10.8. The highest BCUT2D eigenvalue weighted by atomic mass is 35.5. The molecule has 0 radical (unpaired) electrons. The van der Waals surface area contributed by atoms with Crippen molar-refractivity contribution in [1.82, 2.24) is 4.57 Å². The average molecular weight is 465 g/mol. The van der Waals surface area contributed by atoms with Crippen molar-refractivity contribution in [3.05, 3.63) is 110 Å². The first-order valence-corrected chi connectivity index (χ1v) is 10.6. The van der Waals surface area contributed by atoms with Crippen LogP contribution in [0.4, 0.5) is 4.39 Å². The highest BCUT2D eigenvalue weighted by Gasteiger charge is 2.16. The monoisotopic (exact) mass is 464 g/mol. The lowest BCUT2D eigenvalue weighted by Crippen LogP contribution is -2.09. The van der Waals surface area contributed by atoms with Gasteiger partial charge >= 0.3 is 0 Å². The van der Waals surface area contributed by atoms with Crippen LogP contribution in [0, 0.1) is 21.8 Å². The first-order valence-electron chi connectivity index (χ1n) is 9.41. The Labute approximate surface area is 194 Å². The van der Waals surface area contributed by atoms with Gasteiger partial charge in [0.2, 0.25) is 0 Å². The fourth-order valence-electron chi connectivity index (χ4n) is 3.44. The van der Waals surface area contributed by atoms with E-state index in [4.69, 9.17) is 35.4 Å². The number of nitriles is 1. The van der Waals surface area contributed by atoms with E-state index in [-0.39, 0.29) is 5.82 Å². The third-order valence-corrected chi connectivity index (χ3v) is 6.13. The molecule has 0 fully saturated rings. The molecule has 0 spiro atoms. The van der Waals surface area contributed by atoms with Crippen LogP contribution in [0.15, 0.2) is 78.9 Å². The predicted molar refractivity (Wildman–Crippen MR) is 126 cm³/mol. The summed E-state index contributed by atoms with van der Waals surface area (Å²) in [7, 11) is 0. The van der Waals surface area contributed by atoms with Gasteiger partial charge < -0.3 is 4.57 Å². The molecule has 0 saturated heterocycles. The van der Waals surface area contributed by atoms with Crippen LogP contribution in [-0.2, 0) is 6.54 Å². The first kappa shape index (κ1) is 21.3. The standard InChI is InChI=1S/C25H15Cl2FN2S/c26-22-11-6-16(12-23(22)27)15-30-24(18-4-2-1-3-5-18)13-20(21(14-29)25(30)31)17-7-9-19(28)10-8-17/h1-13H,15H2. The SMILES string of the molecule is N#Cc1c(-c2ccc(F)cc2)cc(-c2ccccc2)n(Cc2ccc(Cl)c(Cl)c2)c1=S. The van der Waals surface area contributed by atoms with Gasteiger partial charge in [-0.2, -0.15) is 5.26 Å². The maximum atomic E-state index is 13.5. The quantitative estimate of drug-likeness (QED) is 0.287. The Hall–Kier alpha value is -2.97. The van der Waals surface area contributed by atoms with E-state index in [1.54, 1.807) is 24.3 Å². The van der Waals surface area contributed by atoms with Gasteiger partial charge in [0.25, 0.3) is 0 Å². The number of halogens is 3. The van der Waals surface area contributed by atoms with Gasteiger partial charge in [-0.05, 0) is 47.0 Å². The second kappa shape index (κ2) is 9.03. The van der Waals surface area contributed by atoms with Crippen LogP contribution in [0.5, 0.6) is 0 Å². The molecule has 0 aliphatic rings. The van der Waals surface area contributed by atoms with Crippen LogP contribution in [0.3, 0.4) is 0 Å². The molecule has 0 N–H and O–H groups in total. The summed E-state index contributed by atoms with van der Waals surface area (Å²) in [5.41, 5.74) is 4.44. The molecule has 4 rings (SSSR count). The lowest BCUT2D eigenvalue weighted by atomic mass is 9.98. The Morgan fingerprint density at radius 1 is 0.871 bits per heavy atom. The van der Waals surface area contributed by atoms with Crippen molar-refractivity contribution in [3.8, 4) is 28.5 Å². The number of hydrogen-bond donors (Lipinski definition) is 0. The van der Waals surface area contributed by atoms with Gasteiger partial charge in [-0.1, -0.05) is 84.0 Å². The van der Waals surface area contributed by atoms with Crippen molar-refractivity contribution >= 4 is 35.4 Å². The second-order valence-corrected chi connectivity index (χ2v) is 8.14. The molecule has 6 heteroatoms. The Balaban J connectivity index is 1.97. The van der Waals surface area contributed by atoms with Gasteiger partial charge in [-0.3, -0.25) is 0 Å². The highest BCUT2D eigenvalue weighted by molar-refractivity contribution is 7.71. The van der Waals surface area contributed by atoms with Crippen molar-refractivity contribution in [3.63, 3.8) is 0 Å². The molecule has 1 aromatic heterocycles. The van der Waals surface area contributed by atoms with E-state index >= 15 is 0 Å². The van der Waals surface area contributed by atoms with Gasteiger partial charge in [0.1, 0.15) is 16.5 Å². The van der Waals surface area contributed by atoms with Crippen LogP contribution in [0.1, 0.15) is 11.1 Å². The molecule has 4 aromatic rings. The van der Waals surface area contributed by atoms with Crippen molar-refractivity contribution in [1.29, 1.82) is 5.26 Å². The van der Waals surface area contributed by atoms with Crippen molar-refractivity contribution in [2.75, 3.05) is 0 Å². The predicted octanol–water partition coefficient (Wildman–Crippen LogP) is 7.92. The summed E-state index contributed by atoms with van der Waals surface area (Å²) in [6.45, 7) is 0.415. The summed E-state index contributed by atoms with van der Waals surface area (Å²) in [5.74, 6) is -0.338. The summed E-state index contributed by atoms with van der Waals surface area (Å²) >= 11 is 18.0. The smallest absolute Gasteiger partial charge is 0.125 e. The molecule has 0 aliphatic carbocycles. The number of hydrogen-bond acceptors (Lipinski definition) is 2. The van der Waals surface area contributed by atoms with Gasteiger partial charge in [0, 0.05) is 12.1 Å². The molecule has 0 amide bonds. The van der Waals surface area contributed by atoms with Crippen molar-refractivity contribution in [2.24, 2.45) is 0 Å². The van der Waals surface area contributed by atoms with Crippen LogP contribution in [0.25, 0.3) is 22.4 Å². The molecule has 0 aliphatic heterocycles. The van der Waals surface area contributed by atoms with E-state index < -0.39 is 0 Å². The summed E-state index contributed by atoms with van der Waals surface area (Å²) in [6.07, 6.45) is 0. The Kier molecular flexibility index (Phi) is 6.20. The van der Waals surface area contributed by atoms with Crippen molar-refractivity contribution < 1.29 is 4.39 Å². The molecule has 3 aromatic carbocycles. The molecular formula is C25H15Cl2FN2S. The number of rotatable bonds is 4. The molecule has 0 atom stereocenters. The molecule has 31 heavy (non-hydrogen) atoms. The van der Waals surface area contributed by atoms with E-state index in [2.05, 4.69) is 6.07 Å². The number of pyridine rings is 1. The largest absolute Gasteiger partial charge is 0.326 e. The van der Waals surface area contributed by atoms with E-state index in [1.165, 1.54) is 12.1 Å². The van der Waals surface area contributed by atoms with Crippen LogP contribution >= 0.6 is 35.4 Å². The van der Waals surface area contributed by atoms with E-state index in [1.807, 2.05) is 47.0 Å². The number of benzene rings is 3. The third-order valence-electron chi connectivity index (χ3n) is 4.96. The number of aromatic nitrogens is 1. The summed E-state index contributed by atoms with van der Waals surface area (Å²) < 4.78 is 15.8. The van der Waals surface area contributed by atoms with Gasteiger partial charge in [0.05, 0.1) is 21.3 Å². The molecule has 2 nitrogen and oxygen atoms in total. The molecule has 152 valence electrons. The van der Waals surface area contributed by atoms with E-state index in [0.717, 1.165) is 22.4 Å². The lowest BCUT2D eigenvalue weighted by Gasteiger charge is -2.18. The fraction of sp³-hybridized carbons (Fsp3) is 0.0400. The molecule has 0 saturated carbocycles. The molecule has 0 bridgehead atoms. The Morgan fingerprint density at radius 3 is 2.23 bits per heavy atom. The minimum atomic E-state index is -0.338. The van der Waals surface area contributed by atoms with E-state index in [9.17, 15) is 9.65 Å². The Bertz CT molecular complexity index is 1360. The highest BCUT2D eigenvalue weighted by Crippen LogP contribution is 2.32. The van der Waals surface area contributed by atoms with Crippen LogP contribution < -0.4 is 0 Å². The minimum Gasteiger partial charge on any atom is -0.326 e. The van der Waals surface area contributed by atoms with Gasteiger partial charge in [0.15, 0.2) is 0 Å². The summed E-state index contributed by atoms with van der Waals surface area (Å²) in [4.78, 5) is 0. The normalized spacial score (nSPS) is 10.6. The second-order valence-electron chi connectivity index (χ2n) is 6.94. The van der Waals surface area contributed by atoms with Crippen molar-refractivity contribution in [2.45, 2.75) is 6.54 Å². The lowest BCUT2D eigenvalue weighted by molar-refractivity contribution is 0.628. The first-order chi connectivity index (χ1) is 15.0. The van der Waals surface area contributed by atoms with Gasteiger partial charge in [-0.15, -0.1) is 0 Å². The zero-order valence-corrected chi connectivity index (χ0v) is 18.5. The maximum absolute atomic E-state index is 13.5. The fourth-order valence-corrected chi connectivity index (χ4v) is 4.08. The topological polar surface area (TPSA) is 28.7 Å². The summed E-state index contributed by atoms with van der Waals surface area (Å²) in [6, 6.07) is 25.4. The third kappa shape index (κ3) is 4.40. The molecule has 0 unspecified atom stereocenters.